The van der Waals surface area contributed by atoms with Crippen molar-refractivity contribution in [3.05, 3.63) is 65.7 Å². The van der Waals surface area contributed by atoms with Crippen molar-refractivity contribution in [3.8, 4) is 6.07 Å². The van der Waals surface area contributed by atoms with E-state index in [1.807, 2.05) is 59.5 Å². The first-order valence-electron chi connectivity index (χ1n) is 7.83. The Balaban J connectivity index is 1.58. The molecule has 0 radical (unpaired) electrons. The Morgan fingerprint density at radius 3 is 2.43 bits per heavy atom. The lowest BCUT2D eigenvalue weighted by molar-refractivity contribution is -0.130. The first-order valence-corrected chi connectivity index (χ1v) is 7.83. The highest BCUT2D eigenvalue weighted by molar-refractivity contribution is 5.79. The van der Waals surface area contributed by atoms with Crippen LogP contribution in [0.15, 0.2) is 54.6 Å². The fourth-order valence-electron chi connectivity index (χ4n) is 2.87. The number of anilines is 1. The smallest absolute Gasteiger partial charge is 0.227 e. The van der Waals surface area contributed by atoms with Crippen molar-refractivity contribution in [2.45, 2.75) is 6.42 Å². The maximum absolute atomic E-state index is 12.4. The summed E-state index contributed by atoms with van der Waals surface area (Å²) in [4.78, 5) is 16.5. The first kappa shape index (κ1) is 15.1. The van der Waals surface area contributed by atoms with Gasteiger partial charge >= 0.3 is 0 Å². The summed E-state index contributed by atoms with van der Waals surface area (Å²) in [7, 11) is 0. The summed E-state index contributed by atoms with van der Waals surface area (Å²) in [5.74, 6) is 0.182. The summed E-state index contributed by atoms with van der Waals surface area (Å²) in [5.41, 5.74) is 2.78. The van der Waals surface area contributed by atoms with Gasteiger partial charge < -0.3 is 9.80 Å². The number of carbonyl (C=O) groups is 1. The predicted molar refractivity (Wildman–Crippen MR) is 90.1 cm³/mol. The van der Waals surface area contributed by atoms with Crippen molar-refractivity contribution in [1.82, 2.24) is 4.90 Å². The summed E-state index contributed by atoms with van der Waals surface area (Å²) < 4.78 is 0. The van der Waals surface area contributed by atoms with Gasteiger partial charge in [0, 0.05) is 31.9 Å². The lowest BCUT2D eigenvalue weighted by Crippen LogP contribution is -2.49. The first-order chi connectivity index (χ1) is 11.3. The van der Waals surface area contributed by atoms with Crippen molar-refractivity contribution in [2.75, 3.05) is 31.1 Å². The molecule has 0 unspecified atom stereocenters. The van der Waals surface area contributed by atoms with E-state index in [0.717, 1.165) is 37.4 Å². The molecule has 1 aliphatic rings. The average Bonchev–Trinajstić information content (AvgIpc) is 2.63. The number of hydrogen-bond donors (Lipinski definition) is 0. The Hall–Kier alpha value is -2.80. The highest BCUT2D eigenvalue weighted by Crippen LogP contribution is 2.18. The van der Waals surface area contributed by atoms with E-state index in [0.29, 0.717) is 12.0 Å². The van der Waals surface area contributed by atoms with Gasteiger partial charge in [0.05, 0.1) is 18.1 Å². The van der Waals surface area contributed by atoms with E-state index < -0.39 is 0 Å². The van der Waals surface area contributed by atoms with Crippen LogP contribution >= 0.6 is 0 Å². The van der Waals surface area contributed by atoms with Gasteiger partial charge in [0.25, 0.3) is 0 Å². The third-order valence-electron chi connectivity index (χ3n) is 4.17. The number of carbonyl (C=O) groups excluding carboxylic acids is 1. The largest absolute Gasteiger partial charge is 0.368 e. The van der Waals surface area contributed by atoms with Gasteiger partial charge in [-0.25, -0.2) is 0 Å². The molecule has 0 aromatic heterocycles. The van der Waals surface area contributed by atoms with Gasteiger partial charge in [-0.15, -0.1) is 0 Å². The van der Waals surface area contributed by atoms with Gasteiger partial charge in [-0.05, 0) is 23.8 Å². The molecule has 116 valence electrons. The molecule has 2 aromatic rings. The van der Waals surface area contributed by atoms with Gasteiger partial charge in [0.2, 0.25) is 5.91 Å². The molecule has 0 bridgehead atoms. The summed E-state index contributed by atoms with van der Waals surface area (Å²) in [6.07, 6.45) is 0.463. The maximum atomic E-state index is 12.4. The van der Waals surface area contributed by atoms with Crippen molar-refractivity contribution in [2.24, 2.45) is 0 Å². The lowest BCUT2D eigenvalue weighted by atomic mass is 10.1. The Morgan fingerprint density at radius 2 is 1.74 bits per heavy atom. The Kier molecular flexibility index (Phi) is 4.58. The Labute approximate surface area is 136 Å². The van der Waals surface area contributed by atoms with Gasteiger partial charge in [0.1, 0.15) is 0 Å². The number of amides is 1. The molecule has 0 spiro atoms. The third-order valence-corrected chi connectivity index (χ3v) is 4.17. The van der Waals surface area contributed by atoms with E-state index in [4.69, 9.17) is 5.26 Å². The van der Waals surface area contributed by atoms with Crippen LogP contribution in [0.2, 0.25) is 0 Å². The molecule has 3 rings (SSSR count). The quantitative estimate of drug-likeness (QED) is 0.875. The Morgan fingerprint density at radius 1 is 1.00 bits per heavy atom. The number of piperazine rings is 1. The summed E-state index contributed by atoms with van der Waals surface area (Å²) in [6.45, 7) is 3.05. The van der Waals surface area contributed by atoms with Crippen molar-refractivity contribution < 1.29 is 4.79 Å². The van der Waals surface area contributed by atoms with Crippen LogP contribution in [-0.2, 0) is 11.2 Å². The molecule has 2 aromatic carbocycles. The minimum Gasteiger partial charge on any atom is -0.368 e. The maximum Gasteiger partial charge on any atom is 0.227 e. The summed E-state index contributed by atoms with van der Waals surface area (Å²) in [6, 6.07) is 19.7. The minimum atomic E-state index is 0.182. The second-order valence-corrected chi connectivity index (χ2v) is 5.69. The fraction of sp³-hybridized carbons (Fsp3) is 0.263. The SMILES string of the molecule is N#Cc1cccc(N2CCN(C(=O)Cc3ccccc3)CC2)c1. The van der Waals surface area contributed by atoms with E-state index in [1.165, 1.54) is 0 Å². The standard InChI is InChI=1S/C19H19N3O/c20-15-17-7-4-8-18(13-17)21-9-11-22(12-10-21)19(23)14-16-5-2-1-3-6-16/h1-8,13H,9-12,14H2. The number of rotatable bonds is 3. The second kappa shape index (κ2) is 6.97. The van der Waals surface area contributed by atoms with E-state index in [9.17, 15) is 4.79 Å². The molecule has 0 aliphatic carbocycles. The van der Waals surface area contributed by atoms with Crippen LogP contribution in [0.1, 0.15) is 11.1 Å². The van der Waals surface area contributed by atoms with Gasteiger partial charge in [0.15, 0.2) is 0 Å². The van der Waals surface area contributed by atoms with Gasteiger partial charge in [-0.2, -0.15) is 5.26 Å². The van der Waals surface area contributed by atoms with Crippen LogP contribution in [0.3, 0.4) is 0 Å². The van der Waals surface area contributed by atoms with Crippen LogP contribution in [0.25, 0.3) is 0 Å². The molecule has 1 amide bonds. The van der Waals surface area contributed by atoms with Crippen LogP contribution in [-0.4, -0.2) is 37.0 Å². The zero-order valence-electron chi connectivity index (χ0n) is 13.0. The highest BCUT2D eigenvalue weighted by atomic mass is 16.2. The van der Waals surface area contributed by atoms with E-state index in [-0.39, 0.29) is 5.91 Å². The number of nitrogens with zero attached hydrogens (tertiary/aromatic N) is 3. The van der Waals surface area contributed by atoms with E-state index in [1.54, 1.807) is 0 Å². The molecular weight excluding hydrogens is 286 g/mol. The van der Waals surface area contributed by atoms with Gasteiger partial charge in [-0.1, -0.05) is 36.4 Å². The molecule has 1 saturated heterocycles. The van der Waals surface area contributed by atoms with Crippen LogP contribution in [0.4, 0.5) is 5.69 Å². The lowest BCUT2D eigenvalue weighted by Gasteiger charge is -2.36. The molecule has 0 atom stereocenters. The monoisotopic (exact) mass is 305 g/mol. The van der Waals surface area contributed by atoms with Crippen LogP contribution in [0.5, 0.6) is 0 Å². The topological polar surface area (TPSA) is 47.3 Å². The number of benzene rings is 2. The average molecular weight is 305 g/mol. The predicted octanol–water partition coefficient (Wildman–Crippen LogP) is 2.45. The third kappa shape index (κ3) is 3.70. The molecule has 1 aliphatic heterocycles. The van der Waals surface area contributed by atoms with Crippen molar-refractivity contribution in [3.63, 3.8) is 0 Å². The van der Waals surface area contributed by atoms with E-state index in [2.05, 4.69) is 11.0 Å². The van der Waals surface area contributed by atoms with Gasteiger partial charge in [-0.3, -0.25) is 4.79 Å². The molecule has 4 nitrogen and oxygen atoms in total. The van der Waals surface area contributed by atoms with E-state index >= 15 is 0 Å². The second-order valence-electron chi connectivity index (χ2n) is 5.69. The van der Waals surface area contributed by atoms with Crippen LogP contribution in [0, 0.1) is 11.3 Å². The zero-order valence-corrected chi connectivity index (χ0v) is 13.0. The number of hydrogen-bond acceptors (Lipinski definition) is 3. The molecule has 4 heteroatoms. The Bertz CT molecular complexity index is 713. The fourth-order valence-corrected chi connectivity index (χ4v) is 2.87. The molecule has 0 saturated carbocycles. The normalized spacial score (nSPS) is 14.4. The molecule has 1 heterocycles. The molecular formula is C19H19N3O. The van der Waals surface area contributed by atoms with Crippen molar-refractivity contribution >= 4 is 11.6 Å². The molecule has 1 fully saturated rings. The minimum absolute atomic E-state index is 0.182. The number of nitriles is 1. The van der Waals surface area contributed by atoms with Crippen molar-refractivity contribution in [1.29, 1.82) is 5.26 Å². The molecule has 23 heavy (non-hydrogen) atoms. The molecule has 0 N–H and O–H groups in total. The summed E-state index contributed by atoms with van der Waals surface area (Å²) >= 11 is 0. The van der Waals surface area contributed by atoms with Crippen LogP contribution < -0.4 is 4.90 Å². The highest BCUT2D eigenvalue weighted by Gasteiger charge is 2.21. The summed E-state index contributed by atoms with van der Waals surface area (Å²) in [5, 5.41) is 8.99. The zero-order chi connectivity index (χ0) is 16.1.